The molecule has 1 aliphatic heterocycles. The fourth-order valence-electron chi connectivity index (χ4n) is 5.40. The van der Waals surface area contributed by atoms with E-state index < -0.39 is 0 Å². The van der Waals surface area contributed by atoms with Crippen molar-refractivity contribution in [2.24, 2.45) is 0 Å². The van der Waals surface area contributed by atoms with Gasteiger partial charge in [0.2, 0.25) is 0 Å². The molecule has 0 saturated carbocycles. The average Bonchev–Trinajstić information content (AvgIpc) is 3.47. The summed E-state index contributed by atoms with van der Waals surface area (Å²) in [6, 6.07) is 16.2. The van der Waals surface area contributed by atoms with Crippen molar-refractivity contribution in [3.63, 3.8) is 0 Å². The van der Waals surface area contributed by atoms with Gasteiger partial charge in [0.15, 0.2) is 11.6 Å². The summed E-state index contributed by atoms with van der Waals surface area (Å²) in [6.45, 7) is 1.86. The standard InChI is InChI=1S/C29H27N3O3/c1-30(2)16-19-11-12-31-17-22(20-7-3-5-9-24(20)31)28-26(33)15-27(34)29(28)23-18-32(13-14-35-19)25-10-6-4-8-21(23)25/h3-10,16-18H,11-15H2,1-2H3/b19-16+. The van der Waals surface area contributed by atoms with Gasteiger partial charge in [0.1, 0.15) is 12.4 Å². The number of para-hydroxylation sites is 2. The molecule has 6 heteroatoms. The first-order valence-corrected chi connectivity index (χ1v) is 12.0. The normalized spacial score (nSPS) is 17.7. The molecule has 3 heterocycles. The fourth-order valence-corrected chi connectivity index (χ4v) is 5.40. The minimum atomic E-state index is -0.107. The third-order valence-corrected chi connectivity index (χ3v) is 6.87. The minimum Gasteiger partial charge on any atom is -0.494 e. The highest BCUT2D eigenvalue weighted by atomic mass is 16.5. The van der Waals surface area contributed by atoms with Crippen LogP contribution in [-0.4, -0.2) is 46.3 Å². The number of rotatable bonds is 1. The Kier molecular flexibility index (Phi) is 5.10. The number of aromatic nitrogens is 2. The van der Waals surface area contributed by atoms with E-state index in [9.17, 15) is 9.59 Å². The Labute approximate surface area is 203 Å². The van der Waals surface area contributed by atoms with Gasteiger partial charge >= 0.3 is 0 Å². The summed E-state index contributed by atoms with van der Waals surface area (Å²) in [5.41, 5.74) is 4.82. The van der Waals surface area contributed by atoms with Gasteiger partial charge in [-0.3, -0.25) is 9.59 Å². The maximum atomic E-state index is 13.3. The van der Waals surface area contributed by atoms with Gasteiger partial charge in [-0.05, 0) is 12.1 Å². The van der Waals surface area contributed by atoms with E-state index in [2.05, 4.69) is 21.3 Å². The van der Waals surface area contributed by atoms with Gasteiger partial charge in [0.25, 0.3) is 0 Å². The summed E-state index contributed by atoms with van der Waals surface area (Å²) >= 11 is 0. The van der Waals surface area contributed by atoms with Gasteiger partial charge in [-0.25, -0.2) is 0 Å². The zero-order valence-electron chi connectivity index (χ0n) is 20.0. The van der Waals surface area contributed by atoms with Crippen LogP contribution in [0.1, 0.15) is 24.0 Å². The van der Waals surface area contributed by atoms with E-state index in [0.717, 1.165) is 38.7 Å². The van der Waals surface area contributed by atoms with Crippen LogP contribution in [0, 0.1) is 0 Å². The molecule has 0 unspecified atom stereocenters. The lowest BCUT2D eigenvalue weighted by Crippen LogP contribution is -2.10. The molecule has 6 nitrogen and oxygen atoms in total. The second-order valence-corrected chi connectivity index (χ2v) is 9.44. The second kappa shape index (κ2) is 8.31. The molecule has 0 radical (unpaired) electrons. The number of aryl methyl sites for hydroxylation is 1. The van der Waals surface area contributed by atoms with Crippen molar-refractivity contribution in [2.75, 3.05) is 20.7 Å². The fraction of sp³-hybridized carbons (Fsp3) is 0.241. The summed E-state index contributed by atoms with van der Waals surface area (Å²) in [5.74, 6) is 0.702. The van der Waals surface area contributed by atoms with Gasteiger partial charge < -0.3 is 18.8 Å². The van der Waals surface area contributed by atoms with E-state index in [-0.39, 0.29) is 18.0 Å². The number of ketones is 2. The topological polar surface area (TPSA) is 56.5 Å². The molecule has 1 aliphatic carbocycles. The molecule has 4 bridgehead atoms. The molecule has 0 spiro atoms. The van der Waals surface area contributed by atoms with Crippen LogP contribution in [-0.2, 0) is 27.4 Å². The third kappa shape index (κ3) is 3.57. The molecule has 6 rings (SSSR count). The second-order valence-electron chi connectivity index (χ2n) is 9.44. The van der Waals surface area contributed by atoms with Gasteiger partial charge in [-0.15, -0.1) is 0 Å². The number of carbonyl (C=O) groups excluding carboxylic acids is 2. The smallest absolute Gasteiger partial charge is 0.172 e. The van der Waals surface area contributed by atoms with Gasteiger partial charge in [0.05, 0.1) is 13.0 Å². The molecule has 35 heavy (non-hydrogen) atoms. The average molecular weight is 466 g/mol. The molecular weight excluding hydrogens is 438 g/mol. The molecule has 176 valence electrons. The van der Waals surface area contributed by atoms with Crippen LogP contribution in [0.25, 0.3) is 33.0 Å². The van der Waals surface area contributed by atoms with E-state index in [1.807, 2.05) is 74.0 Å². The van der Waals surface area contributed by atoms with E-state index in [4.69, 9.17) is 4.74 Å². The van der Waals surface area contributed by atoms with Crippen LogP contribution in [0.4, 0.5) is 0 Å². The van der Waals surface area contributed by atoms with Crippen molar-refractivity contribution in [2.45, 2.75) is 25.9 Å². The van der Waals surface area contributed by atoms with Crippen molar-refractivity contribution < 1.29 is 14.3 Å². The Morgan fingerprint density at radius 1 is 0.800 bits per heavy atom. The van der Waals surface area contributed by atoms with Crippen LogP contribution >= 0.6 is 0 Å². The number of ether oxygens (including phenoxy) is 1. The van der Waals surface area contributed by atoms with E-state index in [1.54, 1.807) is 0 Å². The zero-order valence-corrected chi connectivity index (χ0v) is 20.0. The number of allylic oxidation sites excluding steroid dienone is 3. The SMILES string of the molecule is CN(C)/C=C1\CCn2cc(c3ccccc32)C2=C(C(=O)CC2=O)c2cn(c3ccccc23)CCO1. The lowest BCUT2D eigenvalue weighted by atomic mass is 9.95. The zero-order chi connectivity index (χ0) is 24.1. The first-order valence-electron chi connectivity index (χ1n) is 12.0. The Morgan fingerprint density at radius 2 is 1.34 bits per heavy atom. The van der Waals surface area contributed by atoms with Crippen LogP contribution in [0.2, 0.25) is 0 Å². The summed E-state index contributed by atoms with van der Waals surface area (Å²) in [6.07, 6.45) is 6.71. The number of carbonyl (C=O) groups is 2. The third-order valence-electron chi connectivity index (χ3n) is 6.87. The van der Waals surface area contributed by atoms with Crippen molar-refractivity contribution in [3.8, 4) is 0 Å². The Hall–Kier alpha value is -4.06. The van der Waals surface area contributed by atoms with Gasteiger partial charge in [-0.2, -0.15) is 0 Å². The summed E-state index contributed by atoms with van der Waals surface area (Å²) in [5, 5.41) is 1.96. The van der Waals surface area contributed by atoms with E-state index >= 15 is 0 Å². The summed E-state index contributed by atoms with van der Waals surface area (Å²) in [4.78, 5) is 28.6. The van der Waals surface area contributed by atoms with Crippen molar-refractivity contribution in [1.82, 2.24) is 14.0 Å². The first kappa shape index (κ1) is 21.5. The number of benzene rings is 2. The lowest BCUT2D eigenvalue weighted by molar-refractivity contribution is -0.119. The van der Waals surface area contributed by atoms with Crippen molar-refractivity contribution >= 4 is 44.5 Å². The molecule has 0 atom stereocenters. The Bertz CT molecular complexity index is 1560. The monoisotopic (exact) mass is 465 g/mol. The highest BCUT2D eigenvalue weighted by molar-refractivity contribution is 6.52. The number of hydrogen-bond donors (Lipinski definition) is 0. The first-order chi connectivity index (χ1) is 17.0. The Balaban J connectivity index is 1.65. The molecule has 4 aromatic rings. The number of hydrogen-bond acceptors (Lipinski definition) is 4. The van der Waals surface area contributed by atoms with Crippen LogP contribution in [0.3, 0.4) is 0 Å². The molecule has 0 saturated heterocycles. The lowest BCUT2D eigenvalue weighted by Gasteiger charge is -2.15. The van der Waals surface area contributed by atoms with E-state index in [0.29, 0.717) is 37.3 Å². The largest absolute Gasteiger partial charge is 0.494 e. The molecule has 2 aromatic heterocycles. The van der Waals surface area contributed by atoms with Crippen molar-refractivity contribution in [1.29, 1.82) is 0 Å². The highest BCUT2D eigenvalue weighted by Gasteiger charge is 2.35. The minimum absolute atomic E-state index is 0.0808. The maximum Gasteiger partial charge on any atom is 0.172 e. The van der Waals surface area contributed by atoms with Crippen LogP contribution < -0.4 is 0 Å². The molecule has 0 amide bonds. The molecule has 0 fully saturated rings. The van der Waals surface area contributed by atoms with E-state index in [1.165, 1.54) is 0 Å². The van der Waals surface area contributed by atoms with Crippen molar-refractivity contribution in [3.05, 3.63) is 84.0 Å². The van der Waals surface area contributed by atoms with Gasteiger partial charge in [0, 0.05) is 89.7 Å². The quantitative estimate of drug-likeness (QED) is 0.376. The van der Waals surface area contributed by atoms with Gasteiger partial charge in [-0.1, -0.05) is 36.4 Å². The highest BCUT2D eigenvalue weighted by Crippen LogP contribution is 2.41. The maximum absolute atomic E-state index is 13.3. The predicted octanol–water partition coefficient (Wildman–Crippen LogP) is 4.87. The molecule has 2 aliphatic rings. The van der Waals surface area contributed by atoms with Crippen LogP contribution in [0.5, 0.6) is 0 Å². The summed E-state index contributed by atoms with van der Waals surface area (Å²) in [7, 11) is 3.99. The van der Waals surface area contributed by atoms with Crippen LogP contribution in [0.15, 0.2) is 72.9 Å². The number of Topliss-reactive ketones (excluding diaryl/α,β-unsaturated/α-hetero) is 2. The Morgan fingerprint density at radius 3 is 1.91 bits per heavy atom. The molecule has 0 N–H and O–H groups in total. The predicted molar refractivity (Wildman–Crippen MR) is 138 cm³/mol. The molecular formula is C29H27N3O3. The number of fused-ring (bicyclic) bond motifs is 12. The summed E-state index contributed by atoms with van der Waals surface area (Å²) < 4.78 is 10.6. The number of nitrogens with zero attached hydrogens (tertiary/aromatic N) is 3. The molecule has 2 aromatic carbocycles.